The van der Waals surface area contributed by atoms with Crippen molar-refractivity contribution in [3.8, 4) is 0 Å². The molecule has 7 aliphatic rings. The predicted octanol–water partition coefficient (Wildman–Crippen LogP) is 17.8. The van der Waals surface area contributed by atoms with E-state index in [1.165, 1.54) is 53.8 Å². The third-order valence-corrected chi connectivity index (χ3v) is 37.9. The second-order valence-corrected chi connectivity index (χ2v) is 55.3. The number of carbonyl (C=O) groups excluding carboxylic acids is 6. The van der Waals surface area contributed by atoms with E-state index in [9.17, 15) is 33.6 Å². The summed E-state index contributed by atoms with van der Waals surface area (Å²) in [6.45, 7) is 63.2. The van der Waals surface area contributed by atoms with Gasteiger partial charge < -0.3 is 68.5 Å². The van der Waals surface area contributed by atoms with Gasteiger partial charge in [0.1, 0.15) is 28.4 Å². The molecule has 0 aromatic heterocycles. The fourth-order valence-electron chi connectivity index (χ4n) is 17.0. The van der Waals surface area contributed by atoms with E-state index in [0.717, 1.165) is 32.1 Å². The molecule has 2 saturated carbocycles. The Labute approximate surface area is 860 Å². The molecule has 0 unspecified atom stereocenters. The van der Waals surface area contributed by atoms with Crippen LogP contribution in [0.4, 0.5) is 19.2 Å². The molecule has 737 valence electrons. The van der Waals surface area contributed by atoms with Crippen LogP contribution in [0.5, 0.6) is 0 Å². The van der Waals surface area contributed by atoms with Gasteiger partial charge >= 0.3 is 68.7 Å². The molecule has 6 aromatic rings. The summed E-state index contributed by atoms with van der Waals surface area (Å²) in [5.74, 6) is -0.110. The van der Waals surface area contributed by atoms with Crippen molar-refractivity contribution < 1.29 is 114 Å². The van der Waals surface area contributed by atoms with Gasteiger partial charge in [0, 0.05) is 39.5 Å². The number of hydrogen-bond acceptors (Lipinski definition) is 15. The molecule has 6 aromatic carbocycles. The number of rotatable bonds is 18. The van der Waals surface area contributed by atoms with Crippen molar-refractivity contribution in [3.05, 3.63) is 215 Å². The number of ether oxygens (including phenoxy) is 4. The first-order valence-electron chi connectivity index (χ1n) is 46.9. The molecule has 3 radical (unpaired) electrons. The van der Waals surface area contributed by atoms with E-state index >= 15 is 0 Å². The molecular formula is C106H160BClILiN5O16Si3Zn. The number of nitrogens with one attached hydrogen (secondary N) is 1. The molecule has 0 bridgehead atoms. The number of aliphatic hydroxyl groups is 1. The zero-order valence-electron chi connectivity index (χ0n) is 86.5. The van der Waals surface area contributed by atoms with Gasteiger partial charge in [-0.25, -0.2) is 28.9 Å². The first-order chi connectivity index (χ1) is 62.0. The summed E-state index contributed by atoms with van der Waals surface area (Å²) in [6.07, 6.45) is 11.5. The van der Waals surface area contributed by atoms with Gasteiger partial charge in [-0.2, -0.15) is 20.8 Å². The minimum absolute atomic E-state index is 0. The van der Waals surface area contributed by atoms with E-state index in [1.807, 2.05) is 107 Å². The third kappa shape index (κ3) is 36.9. The number of hydrogen-bond donors (Lipinski definition) is 3. The van der Waals surface area contributed by atoms with Gasteiger partial charge in [0.2, 0.25) is 11.8 Å². The molecule has 4 saturated heterocycles. The largest absolute Gasteiger partial charge is 2.00 e. The summed E-state index contributed by atoms with van der Waals surface area (Å²) >= 11 is 7.04. The van der Waals surface area contributed by atoms with Crippen molar-refractivity contribution in [2.24, 2.45) is 11.8 Å². The SMILES string of the molecule is CC(C)(C)OC(=O)N1C(=O)CC[C@H]1CO[Si](c1ccccc1)(c1ccccc1)C(C)(C)C.CC(C)(C)OC(=O)N1C=CC[C@H]1CO[Si](c1ccccc1)(c1ccccc1)C(C)(C)C.CC(C)(C)OC(=O)N1[C@@H]2C[C@@H]2C[C@H]1C(=O)O.CC(C)(C)OC(=O)N1[C@H](CO[Si](c2ccccc2)(c2ccccc2)C(C)(C)C)C[C@H]2C[C@H]21.CCCC.ClCI.O=C1CC[C@@H](CO)N1.[B].[CH2-]C.[CH2-]C.[CH2-]C.[Li+].[Zn+2]. The molecule has 29 heteroatoms. The molecule has 5 aliphatic heterocycles. The first kappa shape index (κ1) is 127. The van der Waals surface area contributed by atoms with Crippen LogP contribution in [0.25, 0.3) is 0 Å². The number of alkyl halides is 2. The maximum atomic E-state index is 13.0. The number of carboxylic acid groups (broad SMARTS) is 1. The van der Waals surface area contributed by atoms with Crippen LogP contribution >= 0.6 is 34.2 Å². The molecule has 6 fully saturated rings. The van der Waals surface area contributed by atoms with Crippen molar-refractivity contribution in [1.82, 2.24) is 24.9 Å². The molecule has 5 heterocycles. The normalized spacial score (nSPS) is 19.5. The van der Waals surface area contributed by atoms with Gasteiger partial charge in [-0.15, -0.1) is 11.6 Å². The number of carboxylic acids is 1. The average Bonchev–Trinajstić information content (AvgIpc) is 1.49. The summed E-state index contributed by atoms with van der Waals surface area (Å²) in [7, 11) is -7.99. The number of unbranched alkanes of at least 4 members (excludes halogenated alkanes) is 1. The maximum Gasteiger partial charge on any atom is 2.00 e. The van der Waals surface area contributed by atoms with E-state index in [1.54, 1.807) is 67.2 Å². The molecule has 6 amide bonds. The molecule has 9 atom stereocenters. The number of halogens is 2. The number of likely N-dealkylation sites (tertiary alicyclic amines) is 3. The number of nitrogens with zero attached hydrogens (tertiary/aromatic N) is 4. The van der Waals surface area contributed by atoms with Crippen LogP contribution in [0.2, 0.25) is 15.1 Å². The summed E-state index contributed by atoms with van der Waals surface area (Å²) < 4.78 is 43.9. The standard InChI is InChI=1S/C27H37NO3Si.C26H35NO4Si.C26H35NO3Si.C11H17NO4.C5H9NO2.C4H10.3C2H5.CH2ClI.B.Li.Zn/c1-26(2,3)31-25(29)28-21(17-20-18-24(20)28)19-30-32(27(4,5)6,22-13-9-7-10-14-22)23-15-11-8-12-16-23;1-25(2,3)31-24(29)27-20(17-18-23(27)28)19-30-32(26(4,5)6,21-13-9-7-10-14-21)22-15-11-8-12-16-22;1-25(2,3)30-24(28)27-19-13-14-21(27)20-29-31(26(4,5)6,22-15-9-7-10-16-22)23-17-11-8-12-18-23;1-11(2,3)16-10(15)12-7-4-6(7)5-8(12)9(13)14;7-3-4-1-2-5(8)6-4;1-3-4-2;3*1-2;2-1-3;;;/h7-16,20-21,24H,17-19H2,1-6H3;7-16,20H,17-19H2,1-6H3;7-13,15-19,21H,14,20H2,1-6H3;6-8H,4-5H2,1-3H3,(H,13,14);4,7H,1-3H2,(H,6,8);3-4H2,1-2H3;3*1H2,2H3;1H2;;;/q;;;;;;3*-1;;;+1;+2/t20-,21-,24+;20-;21-;6-,7-,8+;4-;;;;;;;;/m00010......../s1. The summed E-state index contributed by atoms with van der Waals surface area (Å²) in [6, 6.07) is 62.7. The van der Waals surface area contributed by atoms with Crippen LogP contribution in [0, 0.1) is 32.6 Å². The zero-order valence-corrected chi connectivity index (χ0v) is 95.4. The number of aliphatic hydroxyl groups excluding tert-OH is 1. The van der Waals surface area contributed by atoms with Crippen LogP contribution in [0.1, 0.15) is 251 Å². The van der Waals surface area contributed by atoms with E-state index in [4.69, 9.17) is 54.0 Å². The second-order valence-electron chi connectivity index (χ2n) is 40.5. The fourth-order valence-corrected chi connectivity index (χ4v) is 30.8. The maximum absolute atomic E-state index is 13.0. The smallest absolute Gasteiger partial charge is 0.480 e. The minimum Gasteiger partial charge on any atom is -0.480 e. The summed E-state index contributed by atoms with van der Waals surface area (Å²) in [5.41, 5.74) is -2.26. The van der Waals surface area contributed by atoms with E-state index in [-0.39, 0.29) is 129 Å². The topological polar surface area (TPSA) is 250 Å². The van der Waals surface area contributed by atoms with Crippen molar-refractivity contribution in [3.63, 3.8) is 0 Å². The van der Waals surface area contributed by atoms with E-state index in [0.29, 0.717) is 60.7 Å². The third-order valence-electron chi connectivity index (χ3n) is 22.9. The number of piperidine rings is 2. The Bertz CT molecular complexity index is 4370. The van der Waals surface area contributed by atoms with Gasteiger partial charge in [-0.1, -0.05) is 300 Å². The molecule has 13 rings (SSSR count). The van der Waals surface area contributed by atoms with Gasteiger partial charge in [0.25, 0.3) is 25.0 Å². The van der Waals surface area contributed by atoms with Crippen molar-refractivity contribution in [2.45, 2.75) is 330 Å². The number of carbonyl (C=O) groups is 7. The number of amides is 6. The molecule has 3 N–H and O–H groups in total. The number of imide groups is 1. The first-order valence-corrected chi connectivity index (χ1v) is 54.6. The van der Waals surface area contributed by atoms with Gasteiger partial charge in [-0.05, 0) is 186 Å². The van der Waals surface area contributed by atoms with E-state index in [2.05, 4.69) is 258 Å². The number of aliphatic carboxylic acids is 1. The van der Waals surface area contributed by atoms with Gasteiger partial charge in [0.05, 0.1) is 54.5 Å². The molecule has 21 nitrogen and oxygen atoms in total. The Morgan fingerprint density at radius 2 is 0.741 bits per heavy atom. The Morgan fingerprint density at radius 3 is 1.03 bits per heavy atom. The van der Waals surface area contributed by atoms with Crippen molar-refractivity contribution >= 4 is 141 Å². The second kappa shape index (κ2) is 58.1. The van der Waals surface area contributed by atoms with Crippen LogP contribution in [0.15, 0.2) is 194 Å². The molecular weight excluding hydrogens is 1930 g/mol. The molecule has 135 heavy (non-hydrogen) atoms. The van der Waals surface area contributed by atoms with Crippen molar-refractivity contribution in [1.29, 1.82) is 0 Å². The zero-order chi connectivity index (χ0) is 99.6. The summed E-state index contributed by atoms with van der Waals surface area (Å²) in [4.78, 5) is 90.7. The average molecular weight is 2090 g/mol. The Balaban J connectivity index is 0.000000846. The monoisotopic (exact) mass is 2090 g/mol. The summed E-state index contributed by atoms with van der Waals surface area (Å²) in [5, 5.41) is 27.1. The van der Waals surface area contributed by atoms with Crippen LogP contribution in [-0.2, 0) is 66.1 Å². The van der Waals surface area contributed by atoms with Gasteiger partial charge in [0.15, 0.2) is 0 Å². The molecule has 0 spiro atoms. The quantitative estimate of drug-likeness (QED) is 0.0238. The molecule has 2 aliphatic carbocycles. The Kier molecular flexibility index (Phi) is 54.4. The Morgan fingerprint density at radius 1 is 0.444 bits per heavy atom. The Hall–Kier alpha value is -6.45. The number of benzene rings is 6. The van der Waals surface area contributed by atoms with Crippen LogP contribution < -0.4 is 55.3 Å². The van der Waals surface area contributed by atoms with Crippen LogP contribution in [0.3, 0.4) is 0 Å². The minimum atomic E-state index is -2.74. The predicted molar refractivity (Wildman–Crippen MR) is 559 cm³/mol. The fraction of sp³-hybridized carbons (Fsp3) is 0.547. The van der Waals surface area contributed by atoms with Crippen LogP contribution in [-0.4, -0.2) is 200 Å². The van der Waals surface area contributed by atoms with E-state index < -0.39 is 71.6 Å². The van der Waals surface area contributed by atoms with Crippen molar-refractivity contribution in [2.75, 3.05) is 30.3 Å². The number of fused-ring (bicyclic) bond motifs is 2. The van der Waals surface area contributed by atoms with Gasteiger partial charge in [-0.3, -0.25) is 24.3 Å².